The zero-order chi connectivity index (χ0) is 18.0. The number of hydrogen-bond donors (Lipinski definition) is 1. The molecule has 0 radical (unpaired) electrons. The molecular weight excluding hydrogens is 347 g/mol. The number of alkyl halides is 3. The van der Waals surface area contributed by atoms with E-state index >= 15 is 0 Å². The van der Waals surface area contributed by atoms with Crippen LogP contribution in [0.4, 0.5) is 13.2 Å². The molecule has 0 unspecified atom stereocenters. The lowest BCUT2D eigenvalue weighted by Crippen LogP contribution is -2.49. The number of nitrogens with one attached hydrogen (secondary N) is 1. The molecule has 1 aromatic rings. The van der Waals surface area contributed by atoms with Crippen LogP contribution in [-0.4, -0.2) is 63.3 Å². The molecule has 0 atom stereocenters. The molecule has 1 heterocycles. The molecule has 1 fully saturated rings. The molecule has 0 spiro atoms. The lowest BCUT2D eigenvalue weighted by molar-refractivity contribution is -0.137. The van der Waals surface area contributed by atoms with Crippen molar-refractivity contribution >= 4 is 15.9 Å². The molecule has 0 aromatic heterocycles. The predicted octanol–water partition coefficient (Wildman–Crippen LogP) is 0.758. The van der Waals surface area contributed by atoms with Crippen LogP contribution in [0, 0.1) is 0 Å². The lowest BCUT2D eigenvalue weighted by Gasteiger charge is -2.29. The summed E-state index contributed by atoms with van der Waals surface area (Å²) in [5, 5.41) is 3.08. The third-order valence-electron chi connectivity index (χ3n) is 3.72. The van der Waals surface area contributed by atoms with Gasteiger partial charge in [0.05, 0.1) is 17.0 Å². The average Bonchev–Trinajstić information content (AvgIpc) is 2.54. The molecule has 1 N–H and O–H groups in total. The second-order valence-corrected chi connectivity index (χ2v) is 7.46. The monoisotopic (exact) mass is 365 g/mol. The Bertz CT molecular complexity index is 683. The molecule has 0 aliphatic carbocycles. The Labute approximate surface area is 138 Å². The van der Waals surface area contributed by atoms with E-state index < -0.39 is 21.8 Å². The van der Waals surface area contributed by atoms with Crippen molar-refractivity contribution in [1.29, 1.82) is 0 Å². The third-order valence-corrected chi connectivity index (χ3v) is 5.54. The number of carbonyl (C=O) groups excluding carboxylic acids is 1. The Kier molecular flexibility index (Phi) is 5.51. The summed E-state index contributed by atoms with van der Waals surface area (Å²) in [5.41, 5.74) is -0.930. The molecule has 134 valence electrons. The van der Waals surface area contributed by atoms with Gasteiger partial charge < -0.3 is 10.2 Å². The minimum atomic E-state index is -4.54. The van der Waals surface area contributed by atoms with Crippen LogP contribution >= 0.6 is 0 Å². The van der Waals surface area contributed by atoms with Gasteiger partial charge in [-0.2, -0.15) is 17.5 Å². The number of likely N-dealkylation sites (N-methyl/N-ethyl adjacent to an activating group) is 1. The minimum absolute atomic E-state index is 0.286. The van der Waals surface area contributed by atoms with E-state index in [0.29, 0.717) is 38.3 Å². The van der Waals surface area contributed by atoms with Gasteiger partial charge in [0.25, 0.3) is 0 Å². The largest absolute Gasteiger partial charge is 0.416 e. The number of halogens is 3. The first kappa shape index (κ1) is 18.7. The topological polar surface area (TPSA) is 69.7 Å². The normalized spacial score (nSPS) is 16.5. The van der Waals surface area contributed by atoms with Crippen molar-refractivity contribution in [2.24, 2.45) is 0 Å². The number of rotatable bonds is 4. The van der Waals surface area contributed by atoms with Crippen molar-refractivity contribution in [2.75, 3.05) is 39.8 Å². The Morgan fingerprint density at radius 3 is 2.25 bits per heavy atom. The summed E-state index contributed by atoms with van der Waals surface area (Å²) in [7, 11) is -2.80. The number of piperazine rings is 1. The number of nitrogens with zero attached hydrogens (tertiary/aromatic N) is 2. The molecule has 1 aliphatic heterocycles. The maximum Gasteiger partial charge on any atom is 0.416 e. The Hall–Kier alpha value is -1.65. The summed E-state index contributed by atoms with van der Waals surface area (Å²) in [6.45, 7) is 1.91. The predicted molar refractivity (Wildman–Crippen MR) is 80.7 cm³/mol. The highest BCUT2D eigenvalue weighted by molar-refractivity contribution is 7.89. The third kappa shape index (κ3) is 4.25. The second-order valence-electron chi connectivity index (χ2n) is 5.41. The van der Waals surface area contributed by atoms with E-state index in [1.807, 2.05) is 0 Å². The van der Waals surface area contributed by atoms with E-state index in [4.69, 9.17) is 0 Å². The highest BCUT2D eigenvalue weighted by atomic mass is 32.2. The zero-order valence-corrected chi connectivity index (χ0v) is 13.8. The number of sulfonamides is 1. The molecule has 2 rings (SSSR count). The fourth-order valence-electron chi connectivity index (χ4n) is 2.29. The van der Waals surface area contributed by atoms with E-state index in [-0.39, 0.29) is 17.3 Å². The molecule has 10 heteroatoms. The Morgan fingerprint density at radius 1 is 1.21 bits per heavy atom. The van der Waals surface area contributed by atoms with Gasteiger partial charge in [-0.1, -0.05) is 0 Å². The summed E-state index contributed by atoms with van der Waals surface area (Å²) in [5.74, 6) is -0.338. The fourth-order valence-corrected chi connectivity index (χ4v) is 3.41. The van der Waals surface area contributed by atoms with Crippen molar-refractivity contribution in [1.82, 2.24) is 14.5 Å². The van der Waals surface area contributed by atoms with E-state index in [2.05, 4.69) is 5.32 Å². The standard InChI is InChI=1S/C14H18F3N3O3S/c1-19(10-13(21)20-8-6-18-7-9-20)24(22,23)12-4-2-11(3-5-12)14(15,16)17/h2-5,18H,6-10H2,1H3. The molecule has 1 aliphatic rings. The smallest absolute Gasteiger partial charge is 0.339 e. The molecule has 1 saturated heterocycles. The first-order chi connectivity index (χ1) is 11.1. The molecule has 6 nitrogen and oxygen atoms in total. The van der Waals surface area contributed by atoms with Gasteiger partial charge in [0.1, 0.15) is 0 Å². The van der Waals surface area contributed by atoms with E-state index in [0.717, 1.165) is 16.4 Å². The summed E-state index contributed by atoms with van der Waals surface area (Å²) < 4.78 is 63.2. The minimum Gasteiger partial charge on any atom is -0.339 e. The van der Waals surface area contributed by atoms with Gasteiger partial charge in [0.15, 0.2) is 0 Å². The van der Waals surface area contributed by atoms with Crippen LogP contribution in [0.3, 0.4) is 0 Å². The quantitative estimate of drug-likeness (QED) is 0.855. The van der Waals surface area contributed by atoms with Crippen LogP contribution in [0.25, 0.3) is 0 Å². The van der Waals surface area contributed by atoms with E-state index in [1.165, 1.54) is 7.05 Å². The van der Waals surface area contributed by atoms with Gasteiger partial charge in [-0.05, 0) is 24.3 Å². The highest BCUT2D eigenvalue weighted by Crippen LogP contribution is 2.30. The van der Waals surface area contributed by atoms with Crippen molar-refractivity contribution < 1.29 is 26.4 Å². The average molecular weight is 365 g/mol. The number of amides is 1. The van der Waals surface area contributed by atoms with E-state index in [1.54, 1.807) is 4.90 Å². The van der Waals surface area contributed by atoms with Crippen molar-refractivity contribution in [3.05, 3.63) is 29.8 Å². The van der Waals surface area contributed by atoms with Crippen molar-refractivity contribution in [3.63, 3.8) is 0 Å². The number of carbonyl (C=O) groups is 1. The van der Waals surface area contributed by atoms with Crippen LogP contribution in [0.5, 0.6) is 0 Å². The first-order valence-corrected chi connectivity index (χ1v) is 8.68. The van der Waals surface area contributed by atoms with Crippen molar-refractivity contribution in [2.45, 2.75) is 11.1 Å². The number of hydrogen-bond acceptors (Lipinski definition) is 4. The summed E-state index contributed by atoms with van der Waals surface area (Å²) in [4.78, 5) is 13.4. The van der Waals surface area contributed by atoms with Gasteiger partial charge >= 0.3 is 6.18 Å². The van der Waals surface area contributed by atoms with Gasteiger partial charge in [-0.25, -0.2) is 8.42 Å². The Morgan fingerprint density at radius 2 is 1.75 bits per heavy atom. The SMILES string of the molecule is CN(CC(=O)N1CCNCC1)S(=O)(=O)c1ccc(C(F)(F)F)cc1. The maximum atomic E-state index is 12.5. The van der Waals surface area contributed by atoms with Gasteiger partial charge in [-0.3, -0.25) is 4.79 Å². The van der Waals surface area contributed by atoms with Crippen LogP contribution in [-0.2, 0) is 21.0 Å². The zero-order valence-electron chi connectivity index (χ0n) is 13.0. The Balaban J connectivity index is 2.09. The molecule has 0 bridgehead atoms. The van der Waals surface area contributed by atoms with Gasteiger partial charge in [-0.15, -0.1) is 0 Å². The van der Waals surface area contributed by atoms with Gasteiger partial charge in [0.2, 0.25) is 15.9 Å². The van der Waals surface area contributed by atoms with Crippen molar-refractivity contribution in [3.8, 4) is 0 Å². The van der Waals surface area contributed by atoms with Crippen LogP contribution in [0.1, 0.15) is 5.56 Å². The molecular formula is C14H18F3N3O3S. The second kappa shape index (κ2) is 7.08. The highest BCUT2D eigenvalue weighted by Gasteiger charge is 2.31. The fraction of sp³-hybridized carbons (Fsp3) is 0.500. The van der Waals surface area contributed by atoms with E-state index in [9.17, 15) is 26.4 Å². The molecule has 0 saturated carbocycles. The lowest BCUT2D eigenvalue weighted by atomic mass is 10.2. The number of benzene rings is 1. The maximum absolute atomic E-state index is 12.5. The van der Waals surface area contributed by atoms with Gasteiger partial charge in [0, 0.05) is 33.2 Å². The van der Waals surface area contributed by atoms with Crippen LogP contribution in [0.15, 0.2) is 29.2 Å². The van der Waals surface area contributed by atoms with Crippen LogP contribution in [0.2, 0.25) is 0 Å². The summed E-state index contributed by atoms with van der Waals surface area (Å²) in [6.07, 6.45) is -4.54. The summed E-state index contributed by atoms with van der Waals surface area (Å²) in [6, 6.07) is 3.20. The molecule has 24 heavy (non-hydrogen) atoms. The summed E-state index contributed by atoms with van der Waals surface area (Å²) >= 11 is 0. The molecule has 1 amide bonds. The first-order valence-electron chi connectivity index (χ1n) is 7.24. The van der Waals surface area contributed by atoms with Crippen LogP contribution < -0.4 is 5.32 Å². The molecule has 1 aromatic carbocycles.